The lowest BCUT2D eigenvalue weighted by atomic mass is 10.2. The van der Waals surface area contributed by atoms with Crippen LogP contribution in [0.1, 0.15) is 12.1 Å². The van der Waals surface area contributed by atoms with Crippen LogP contribution in [0.3, 0.4) is 0 Å². The van der Waals surface area contributed by atoms with Gasteiger partial charge in [0.25, 0.3) is 0 Å². The highest BCUT2D eigenvalue weighted by atomic mass is 32.1. The molecule has 2 aromatic rings. The zero-order valence-electron chi connectivity index (χ0n) is 11.1. The first kappa shape index (κ1) is 12.8. The molecule has 0 aliphatic carbocycles. The van der Waals surface area contributed by atoms with Gasteiger partial charge in [0.2, 0.25) is 0 Å². The van der Waals surface area contributed by atoms with E-state index in [9.17, 15) is 0 Å². The average Bonchev–Trinajstić information content (AvgIpc) is 3.11. The van der Waals surface area contributed by atoms with Gasteiger partial charge in [-0.15, -0.1) is 11.3 Å². The van der Waals surface area contributed by atoms with E-state index in [4.69, 9.17) is 9.72 Å². The average molecular weight is 274 g/mol. The Morgan fingerprint density at radius 3 is 2.95 bits per heavy atom. The molecular formula is C15H18N2OS. The molecule has 1 aromatic carbocycles. The number of ether oxygens (including phenoxy) is 1. The van der Waals surface area contributed by atoms with Gasteiger partial charge >= 0.3 is 0 Å². The Morgan fingerprint density at radius 2 is 2.21 bits per heavy atom. The minimum Gasteiger partial charge on any atom is -0.380 e. The third-order valence-corrected chi connectivity index (χ3v) is 4.45. The third kappa shape index (κ3) is 3.03. The second-order valence-corrected chi connectivity index (χ2v) is 5.80. The molecule has 0 bridgehead atoms. The topological polar surface area (TPSA) is 25.4 Å². The summed E-state index contributed by atoms with van der Waals surface area (Å²) in [6.07, 6.45) is 1.13. The van der Waals surface area contributed by atoms with Crippen LogP contribution in [0.2, 0.25) is 0 Å². The lowest BCUT2D eigenvalue weighted by Crippen LogP contribution is -2.31. The Hall–Kier alpha value is -1.23. The molecule has 1 fully saturated rings. The van der Waals surface area contributed by atoms with Crippen molar-refractivity contribution in [1.29, 1.82) is 0 Å². The van der Waals surface area contributed by atoms with Crippen molar-refractivity contribution >= 4 is 11.3 Å². The van der Waals surface area contributed by atoms with E-state index >= 15 is 0 Å². The second kappa shape index (κ2) is 5.82. The van der Waals surface area contributed by atoms with E-state index in [0.717, 1.165) is 36.9 Å². The van der Waals surface area contributed by atoms with Crippen molar-refractivity contribution in [1.82, 2.24) is 9.88 Å². The molecule has 100 valence electrons. The Balaban J connectivity index is 1.68. The molecule has 0 N–H and O–H groups in total. The molecule has 1 atom stereocenters. The van der Waals surface area contributed by atoms with Crippen molar-refractivity contribution in [3.05, 3.63) is 41.4 Å². The minimum absolute atomic E-state index is 0.543. The van der Waals surface area contributed by atoms with Crippen LogP contribution in [0.5, 0.6) is 0 Å². The number of aromatic nitrogens is 1. The number of benzene rings is 1. The number of hydrogen-bond donors (Lipinski definition) is 0. The summed E-state index contributed by atoms with van der Waals surface area (Å²) < 4.78 is 5.43. The molecule has 4 heteroatoms. The Labute approximate surface area is 117 Å². The first-order valence-electron chi connectivity index (χ1n) is 6.61. The molecular weight excluding hydrogens is 256 g/mol. The predicted molar refractivity (Wildman–Crippen MR) is 78.2 cm³/mol. The van der Waals surface area contributed by atoms with Crippen LogP contribution < -0.4 is 0 Å². The summed E-state index contributed by atoms with van der Waals surface area (Å²) in [5, 5.41) is 3.26. The number of thiazole rings is 1. The van der Waals surface area contributed by atoms with Gasteiger partial charge in [-0.1, -0.05) is 30.3 Å². The van der Waals surface area contributed by atoms with Gasteiger partial charge in [0.15, 0.2) is 0 Å². The van der Waals surface area contributed by atoms with Crippen LogP contribution in [0.25, 0.3) is 10.6 Å². The van der Waals surface area contributed by atoms with Gasteiger partial charge in [-0.05, 0) is 13.5 Å². The Bertz CT molecular complexity index is 520. The van der Waals surface area contributed by atoms with E-state index in [1.807, 2.05) is 6.07 Å². The van der Waals surface area contributed by atoms with Crippen molar-refractivity contribution in [3.8, 4) is 10.6 Å². The molecule has 0 radical (unpaired) electrons. The number of likely N-dealkylation sites (N-methyl/N-ethyl adjacent to an activating group) is 1. The van der Waals surface area contributed by atoms with E-state index in [0.29, 0.717) is 6.04 Å². The quantitative estimate of drug-likeness (QED) is 0.857. The molecule has 3 rings (SSSR count). The van der Waals surface area contributed by atoms with E-state index in [2.05, 4.69) is 41.6 Å². The maximum absolute atomic E-state index is 5.43. The van der Waals surface area contributed by atoms with Crippen LogP contribution in [0.15, 0.2) is 35.7 Å². The molecule has 1 aliphatic rings. The van der Waals surface area contributed by atoms with Gasteiger partial charge in [-0.2, -0.15) is 0 Å². The molecule has 1 unspecified atom stereocenters. The summed E-state index contributed by atoms with van der Waals surface area (Å²) in [5.74, 6) is 0. The van der Waals surface area contributed by atoms with Crippen LogP contribution in [0.4, 0.5) is 0 Å². The van der Waals surface area contributed by atoms with E-state index in [-0.39, 0.29) is 0 Å². The minimum atomic E-state index is 0.543. The number of rotatable bonds is 4. The third-order valence-electron chi connectivity index (χ3n) is 3.51. The molecule has 1 aromatic heterocycles. The first-order chi connectivity index (χ1) is 9.33. The van der Waals surface area contributed by atoms with Gasteiger partial charge in [0, 0.05) is 30.1 Å². The molecule has 1 aliphatic heterocycles. The first-order valence-corrected chi connectivity index (χ1v) is 7.49. The summed E-state index contributed by atoms with van der Waals surface area (Å²) in [6, 6.07) is 10.9. The van der Waals surface area contributed by atoms with Crippen LogP contribution >= 0.6 is 11.3 Å². The van der Waals surface area contributed by atoms with Crippen molar-refractivity contribution < 1.29 is 4.74 Å². The number of hydrogen-bond acceptors (Lipinski definition) is 4. The predicted octanol–water partition coefficient (Wildman–Crippen LogP) is 3.03. The van der Waals surface area contributed by atoms with Gasteiger partial charge in [0.1, 0.15) is 5.01 Å². The highest BCUT2D eigenvalue weighted by Gasteiger charge is 2.20. The number of nitrogens with zero attached hydrogens (tertiary/aromatic N) is 2. The summed E-state index contributed by atoms with van der Waals surface area (Å²) in [4.78, 5) is 7.07. The van der Waals surface area contributed by atoms with Gasteiger partial charge in [-0.3, -0.25) is 4.90 Å². The van der Waals surface area contributed by atoms with Gasteiger partial charge in [0.05, 0.1) is 12.3 Å². The second-order valence-electron chi connectivity index (χ2n) is 4.94. The zero-order valence-corrected chi connectivity index (χ0v) is 11.9. The zero-order chi connectivity index (χ0) is 13.1. The van der Waals surface area contributed by atoms with Crippen molar-refractivity contribution in [2.75, 3.05) is 20.3 Å². The molecule has 0 saturated carbocycles. The van der Waals surface area contributed by atoms with Crippen LogP contribution in [-0.4, -0.2) is 36.2 Å². The highest BCUT2D eigenvalue weighted by molar-refractivity contribution is 7.13. The summed E-state index contributed by atoms with van der Waals surface area (Å²) in [7, 11) is 2.15. The van der Waals surface area contributed by atoms with Gasteiger partial charge in [-0.25, -0.2) is 4.98 Å². The largest absolute Gasteiger partial charge is 0.380 e. The van der Waals surface area contributed by atoms with E-state index in [1.165, 1.54) is 5.56 Å². The van der Waals surface area contributed by atoms with Crippen molar-refractivity contribution in [2.45, 2.75) is 19.0 Å². The monoisotopic (exact) mass is 274 g/mol. The maximum Gasteiger partial charge on any atom is 0.123 e. The maximum atomic E-state index is 5.43. The Morgan fingerprint density at radius 1 is 1.37 bits per heavy atom. The molecule has 2 heterocycles. The normalized spacial score (nSPS) is 19.2. The lowest BCUT2D eigenvalue weighted by Gasteiger charge is -2.21. The van der Waals surface area contributed by atoms with Gasteiger partial charge < -0.3 is 4.74 Å². The van der Waals surface area contributed by atoms with Crippen LogP contribution in [-0.2, 0) is 11.3 Å². The summed E-state index contributed by atoms with van der Waals surface area (Å²) in [5.41, 5.74) is 2.35. The highest BCUT2D eigenvalue weighted by Crippen LogP contribution is 2.24. The molecule has 0 amide bonds. The molecule has 19 heavy (non-hydrogen) atoms. The molecule has 1 saturated heterocycles. The van der Waals surface area contributed by atoms with Crippen molar-refractivity contribution in [2.24, 2.45) is 0 Å². The summed E-state index contributed by atoms with van der Waals surface area (Å²) in [6.45, 7) is 2.64. The van der Waals surface area contributed by atoms with E-state index < -0.39 is 0 Å². The molecule has 0 spiro atoms. The summed E-state index contributed by atoms with van der Waals surface area (Å²) >= 11 is 1.72. The molecule has 3 nitrogen and oxygen atoms in total. The van der Waals surface area contributed by atoms with Crippen molar-refractivity contribution in [3.63, 3.8) is 0 Å². The fraction of sp³-hybridized carbons (Fsp3) is 0.400. The Kier molecular flexibility index (Phi) is 3.92. The van der Waals surface area contributed by atoms with Crippen LogP contribution in [0, 0.1) is 0 Å². The van der Waals surface area contributed by atoms with E-state index in [1.54, 1.807) is 11.3 Å². The SMILES string of the molecule is CN(Cc1csc(-c2ccccc2)n1)C1CCOC1. The fourth-order valence-corrected chi connectivity index (χ4v) is 3.16. The standard InChI is InChI=1S/C15H18N2OS/c1-17(14-7-8-18-10-14)9-13-11-19-15(16-13)12-5-3-2-4-6-12/h2-6,11,14H,7-10H2,1H3. The lowest BCUT2D eigenvalue weighted by molar-refractivity contribution is 0.156. The fourth-order valence-electron chi connectivity index (χ4n) is 2.35. The smallest absolute Gasteiger partial charge is 0.123 e.